The third-order valence-corrected chi connectivity index (χ3v) is 6.43. The summed E-state index contributed by atoms with van der Waals surface area (Å²) < 4.78 is 13.8. The van der Waals surface area contributed by atoms with E-state index in [-0.39, 0.29) is 42.1 Å². The molecule has 1 fully saturated rings. The SMILES string of the molecule is COC1CCC(OC(=O)CCc2ccc(-n3c(C)nn(-c4ccc(C(=N)N)cc4)c3=O)cc2)CC1.Cl. The van der Waals surface area contributed by atoms with E-state index in [1.807, 2.05) is 24.3 Å². The van der Waals surface area contributed by atoms with Crippen molar-refractivity contribution in [2.24, 2.45) is 5.73 Å². The number of esters is 1. The highest BCUT2D eigenvalue weighted by Crippen LogP contribution is 2.23. The maximum atomic E-state index is 13.1. The van der Waals surface area contributed by atoms with E-state index in [9.17, 15) is 9.59 Å². The Morgan fingerprint density at radius 3 is 2.19 bits per heavy atom. The number of nitrogen functional groups attached to an aromatic ring is 1. The zero-order valence-electron chi connectivity index (χ0n) is 20.5. The minimum Gasteiger partial charge on any atom is -0.462 e. The lowest BCUT2D eigenvalue weighted by molar-refractivity contribution is -0.151. The summed E-state index contributed by atoms with van der Waals surface area (Å²) in [5, 5.41) is 11.9. The van der Waals surface area contributed by atoms with E-state index in [4.69, 9.17) is 20.6 Å². The Morgan fingerprint density at radius 1 is 1.03 bits per heavy atom. The summed E-state index contributed by atoms with van der Waals surface area (Å²) >= 11 is 0. The number of halogens is 1. The number of nitrogens with zero attached hydrogens (tertiary/aromatic N) is 3. The maximum absolute atomic E-state index is 13.1. The average Bonchev–Trinajstić information content (AvgIpc) is 3.17. The first kappa shape index (κ1) is 27.2. The van der Waals surface area contributed by atoms with Gasteiger partial charge in [0, 0.05) is 19.1 Å². The topological polar surface area (TPSA) is 125 Å². The Bertz CT molecular complexity index is 1240. The number of aromatic nitrogens is 3. The van der Waals surface area contributed by atoms with Crippen LogP contribution in [-0.2, 0) is 20.7 Å². The zero-order chi connectivity index (χ0) is 24.9. The fraction of sp³-hybridized carbons (Fsp3) is 0.385. The van der Waals surface area contributed by atoms with Crippen molar-refractivity contribution in [3.05, 3.63) is 76.0 Å². The number of benzene rings is 2. The normalized spacial score (nSPS) is 17.3. The zero-order valence-corrected chi connectivity index (χ0v) is 21.3. The molecule has 4 rings (SSSR count). The third-order valence-electron chi connectivity index (χ3n) is 6.43. The second kappa shape index (κ2) is 12.0. The van der Waals surface area contributed by atoms with Crippen molar-refractivity contribution in [3.63, 3.8) is 0 Å². The number of ether oxygens (including phenoxy) is 2. The molecule has 2 aromatic carbocycles. The Morgan fingerprint density at radius 2 is 1.61 bits per heavy atom. The van der Waals surface area contributed by atoms with Gasteiger partial charge in [0.2, 0.25) is 0 Å². The van der Waals surface area contributed by atoms with Crippen LogP contribution in [0.3, 0.4) is 0 Å². The molecule has 0 radical (unpaired) electrons. The number of nitrogens with one attached hydrogen (secondary N) is 1. The Hall–Kier alpha value is -3.43. The third kappa shape index (κ3) is 6.22. The van der Waals surface area contributed by atoms with Crippen molar-refractivity contribution in [2.45, 2.75) is 57.7 Å². The van der Waals surface area contributed by atoms with Gasteiger partial charge in [-0.25, -0.2) is 9.36 Å². The van der Waals surface area contributed by atoms with E-state index in [2.05, 4.69) is 5.10 Å². The van der Waals surface area contributed by atoms with E-state index >= 15 is 0 Å². The molecule has 3 N–H and O–H groups in total. The number of rotatable bonds is 8. The van der Waals surface area contributed by atoms with Crippen LogP contribution in [0.25, 0.3) is 11.4 Å². The number of aryl methyl sites for hydroxylation is 2. The quantitative estimate of drug-likeness (QED) is 0.270. The lowest BCUT2D eigenvalue weighted by atomic mass is 9.95. The first-order valence-corrected chi connectivity index (χ1v) is 11.8. The fourth-order valence-electron chi connectivity index (χ4n) is 4.40. The van der Waals surface area contributed by atoms with Gasteiger partial charge in [-0.1, -0.05) is 12.1 Å². The molecule has 1 aliphatic rings. The Labute approximate surface area is 216 Å². The lowest BCUT2D eigenvalue weighted by Gasteiger charge is -2.27. The molecule has 0 amide bonds. The molecule has 0 atom stereocenters. The number of hydrogen-bond acceptors (Lipinski definition) is 6. The number of nitrogens with two attached hydrogens (primary N) is 1. The molecule has 0 aliphatic heterocycles. The number of carbonyl (C=O) groups excluding carboxylic acids is 1. The summed E-state index contributed by atoms with van der Waals surface area (Å²) in [7, 11) is 1.72. The largest absolute Gasteiger partial charge is 0.462 e. The van der Waals surface area contributed by atoms with Crippen LogP contribution in [0.4, 0.5) is 0 Å². The van der Waals surface area contributed by atoms with Gasteiger partial charge in [0.1, 0.15) is 17.8 Å². The maximum Gasteiger partial charge on any atom is 0.355 e. The molecule has 1 aromatic heterocycles. The molecule has 3 aromatic rings. The standard InChI is InChI=1S/C26H31N5O4.ClH/c1-17-29-31(21-10-6-19(7-11-21)25(27)28)26(33)30(17)20-8-3-18(4-9-20)5-16-24(32)35-23-14-12-22(34-2)13-15-23;/h3-4,6-11,22-23H,5,12-16H2,1-2H3,(H3,27,28);1H. The van der Waals surface area contributed by atoms with E-state index < -0.39 is 0 Å². The molecule has 0 spiro atoms. The highest BCUT2D eigenvalue weighted by Gasteiger charge is 2.23. The highest BCUT2D eigenvalue weighted by molar-refractivity contribution is 5.95. The molecule has 10 heteroatoms. The van der Waals surface area contributed by atoms with Gasteiger partial charge in [0.15, 0.2) is 0 Å². The molecular formula is C26H32ClN5O4. The molecular weight excluding hydrogens is 482 g/mol. The first-order valence-electron chi connectivity index (χ1n) is 11.8. The fourth-order valence-corrected chi connectivity index (χ4v) is 4.40. The van der Waals surface area contributed by atoms with Crippen molar-refractivity contribution in [1.82, 2.24) is 14.3 Å². The van der Waals surface area contributed by atoms with E-state index in [0.29, 0.717) is 35.6 Å². The molecule has 0 saturated heterocycles. The molecule has 192 valence electrons. The number of amidine groups is 1. The number of carbonyl (C=O) groups is 1. The summed E-state index contributed by atoms with van der Waals surface area (Å²) in [5.41, 5.74) is 8.07. The molecule has 1 heterocycles. The van der Waals surface area contributed by atoms with Crippen LogP contribution in [0.5, 0.6) is 0 Å². The van der Waals surface area contributed by atoms with Crippen molar-refractivity contribution in [1.29, 1.82) is 5.41 Å². The molecule has 0 unspecified atom stereocenters. The summed E-state index contributed by atoms with van der Waals surface area (Å²) in [5.74, 6) is 0.331. The van der Waals surface area contributed by atoms with Gasteiger partial charge in [0.25, 0.3) is 0 Å². The molecule has 0 bridgehead atoms. The summed E-state index contributed by atoms with van der Waals surface area (Å²) in [6.45, 7) is 1.77. The summed E-state index contributed by atoms with van der Waals surface area (Å²) in [4.78, 5) is 25.3. The predicted molar refractivity (Wildman–Crippen MR) is 140 cm³/mol. The first-order chi connectivity index (χ1) is 16.9. The minimum atomic E-state index is -0.294. The van der Waals surface area contributed by atoms with Crippen LogP contribution in [0.15, 0.2) is 53.3 Å². The Balaban J connectivity index is 0.00000361. The van der Waals surface area contributed by atoms with Gasteiger partial charge in [-0.2, -0.15) is 4.68 Å². The van der Waals surface area contributed by atoms with Gasteiger partial charge >= 0.3 is 11.7 Å². The van der Waals surface area contributed by atoms with Gasteiger partial charge in [-0.15, -0.1) is 17.5 Å². The Kier molecular flexibility index (Phi) is 9.06. The smallest absolute Gasteiger partial charge is 0.355 e. The van der Waals surface area contributed by atoms with Gasteiger partial charge in [-0.3, -0.25) is 10.2 Å². The van der Waals surface area contributed by atoms with Crippen LogP contribution in [0.1, 0.15) is 49.1 Å². The van der Waals surface area contributed by atoms with E-state index in [1.54, 1.807) is 38.3 Å². The second-order valence-electron chi connectivity index (χ2n) is 8.83. The van der Waals surface area contributed by atoms with Crippen LogP contribution < -0.4 is 11.4 Å². The van der Waals surface area contributed by atoms with Crippen LogP contribution in [-0.4, -0.2) is 45.5 Å². The van der Waals surface area contributed by atoms with Crippen LogP contribution in [0.2, 0.25) is 0 Å². The van der Waals surface area contributed by atoms with Crippen LogP contribution in [0, 0.1) is 12.3 Å². The monoisotopic (exact) mass is 513 g/mol. The molecule has 1 aliphatic carbocycles. The summed E-state index contributed by atoms with van der Waals surface area (Å²) in [6.07, 6.45) is 4.70. The molecule has 9 nitrogen and oxygen atoms in total. The van der Waals surface area contributed by atoms with E-state index in [1.165, 1.54) is 9.25 Å². The van der Waals surface area contributed by atoms with Crippen LogP contribution >= 0.6 is 12.4 Å². The molecule has 1 saturated carbocycles. The summed E-state index contributed by atoms with van der Waals surface area (Å²) in [6, 6.07) is 14.3. The van der Waals surface area contributed by atoms with E-state index in [0.717, 1.165) is 31.2 Å². The average molecular weight is 514 g/mol. The second-order valence-corrected chi connectivity index (χ2v) is 8.83. The van der Waals surface area contributed by atoms with Crippen molar-refractivity contribution in [2.75, 3.05) is 7.11 Å². The molecule has 36 heavy (non-hydrogen) atoms. The number of hydrogen-bond donors (Lipinski definition) is 2. The van der Waals surface area contributed by atoms with Gasteiger partial charge < -0.3 is 15.2 Å². The van der Waals surface area contributed by atoms with Crippen molar-refractivity contribution >= 4 is 24.2 Å². The highest BCUT2D eigenvalue weighted by atomic mass is 35.5. The minimum absolute atomic E-state index is 0. The van der Waals surface area contributed by atoms with Crippen molar-refractivity contribution < 1.29 is 14.3 Å². The van der Waals surface area contributed by atoms with Gasteiger partial charge in [-0.05, 0) is 81.0 Å². The number of methoxy groups -OCH3 is 1. The lowest BCUT2D eigenvalue weighted by Crippen LogP contribution is -2.27. The predicted octanol–water partition coefficient (Wildman–Crippen LogP) is 3.47. The van der Waals surface area contributed by atoms with Gasteiger partial charge in [0.05, 0.1) is 17.5 Å². The van der Waals surface area contributed by atoms with Crippen molar-refractivity contribution in [3.8, 4) is 11.4 Å².